The second kappa shape index (κ2) is 6.30. The summed E-state index contributed by atoms with van der Waals surface area (Å²) in [5, 5.41) is 8.52. The number of hydrogen-bond acceptors (Lipinski definition) is 2. The quantitative estimate of drug-likeness (QED) is 0.614. The molecule has 0 bridgehead atoms. The van der Waals surface area contributed by atoms with Crippen molar-refractivity contribution in [3.63, 3.8) is 0 Å². The standard InChI is InChI=1S/C12H14O2S/c1-10(9-12(13)14)7-8-15-11-5-3-2-4-6-11/h2-6,9H,7-8H2,1H3,(H,13,14)/b10-9+. The first-order valence-corrected chi connectivity index (χ1v) is 5.75. The van der Waals surface area contributed by atoms with E-state index in [2.05, 4.69) is 12.1 Å². The average molecular weight is 222 g/mol. The first kappa shape index (κ1) is 11.9. The number of aliphatic carboxylic acids is 1. The van der Waals surface area contributed by atoms with Gasteiger partial charge in [0.1, 0.15) is 0 Å². The van der Waals surface area contributed by atoms with Gasteiger partial charge in [-0.05, 0) is 25.5 Å². The Morgan fingerprint density at radius 1 is 1.40 bits per heavy atom. The number of benzene rings is 1. The number of rotatable bonds is 5. The third kappa shape index (κ3) is 5.27. The van der Waals surface area contributed by atoms with Gasteiger partial charge in [0.2, 0.25) is 0 Å². The molecule has 0 saturated heterocycles. The monoisotopic (exact) mass is 222 g/mol. The van der Waals surface area contributed by atoms with E-state index in [1.807, 2.05) is 25.1 Å². The summed E-state index contributed by atoms with van der Waals surface area (Å²) in [6, 6.07) is 10.1. The van der Waals surface area contributed by atoms with Crippen LogP contribution in [0.3, 0.4) is 0 Å². The highest BCUT2D eigenvalue weighted by Crippen LogP contribution is 2.19. The largest absolute Gasteiger partial charge is 0.478 e. The van der Waals surface area contributed by atoms with Crippen LogP contribution in [0.1, 0.15) is 13.3 Å². The SMILES string of the molecule is C/C(=C\C(=O)O)CCSc1ccccc1. The second-order valence-corrected chi connectivity index (χ2v) is 4.41. The Bertz CT molecular complexity index is 344. The van der Waals surface area contributed by atoms with Gasteiger partial charge in [0, 0.05) is 16.7 Å². The zero-order valence-corrected chi connectivity index (χ0v) is 9.46. The van der Waals surface area contributed by atoms with Crippen LogP contribution in [0, 0.1) is 0 Å². The number of carboxylic acids is 1. The Morgan fingerprint density at radius 2 is 2.07 bits per heavy atom. The number of carboxylic acid groups (broad SMARTS) is 1. The van der Waals surface area contributed by atoms with Crippen LogP contribution in [0.25, 0.3) is 0 Å². The molecular weight excluding hydrogens is 208 g/mol. The van der Waals surface area contributed by atoms with Gasteiger partial charge >= 0.3 is 5.97 Å². The normalized spacial score (nSPS) is 11.4. The smallest absolute Gasteiger partial charge is 0.328 e. The Balaban J connectivity index is 2.31. The van der Waals surface area contributed by atoms with Gasteiger partial charge in [0.05, 0.1) is 0 Å². The van der Waals surface area contributed by atoms with Crippen LogP contribution in [-0.2, 0) is 4.79 Å². The van der Waals surface area contributed by atoms with Gasteiger partial charge in [-0.25, -0.2) is 4.79 Å². The number of allylic oxidation sites excluding steroid dienone is 1. The van der Waals surface area contributed by atoms with Crippen LogP contribution in [0.4, 0.5) is 0 Å². The van der Waals surface area contributed by atoms with E-state index in [-0.39, 0.29) is 0 Å². The van der Waals surface area contributed by atoms with E-state index in [0.717, 1.165) is 17.7 Å². The van der Waals surface area contributed by atoms with Crippen molar-refractivity contribution in [2.75, 3.05) is 5.75 Å². The van der Waals surface area contributed by atoms with E-state index in [4.69, 9.17) is 5.11 Å². The van der Waals surface area contributed by atoms with Gasteiger partial charge in [-0.15, -0.1) is 11.8 Å². The lowest BCUT2D eigenvalue weighted by Gasteiger charge is -2.01. The van der Waals surface area contributed by atoms with Crippen LogP contribution < -0.4 is 0 Å². The molecule has 15 heavy (non-hydrogen) atoms. The third-order valence-electron chi connectivity index (χ3n) is 1.88. The molecule has 0 fully saturated rings. The van der Waals surface area contributed by atoms with Crippen molar-refractivity contribution < 1.29 is 9.90 Å². The Kier molecular flexibility index (Phi) is 4.98. The lowest BCUT2D eigenvalue weighted by molar-refractivity contribution is -0.131. The maximum Gasteiger partial charge on any atom is 0.328 e. The Hall–Kier alpha value is -1.22. The number of thioether (sulfide) groups is 1. The maximum absolute atomic E-state index is 10.4. The zero-order chi connectivity index (χ0) is 11.1. The summed E-state index contributed by atoms with van der Waals surface area (Å²) in [7, 11) is 0. The third-order valence-corrected chi connectivity index (χ3v) is 2.89. The molecular formula is C12H14O2S. The number of carbonyl (C=O) groups is 1. The molecule has 1 N–H and O–H groups in total. The lowest BCUT2D eigenvalue weighted by atomic mass is 10.2. The van der Waals surface area contributed by atoms with Crippen LogP contribution in [0.15, 0.2) is 46.9 Å². The van der Waals surface area contributed by atoms with Crippen molar-refractivity contribution in [1.29, 1.82) is 0 Å². The molecule has 0 atom stereocenters. The molecule has 0 heterocycles. The molecule has 0 spiro atoms. The second-order valence-electron chi connectivity index (χ2n) is 3.24. The molecule has 0 radical (unpaired) electrons. The molecule has 0 aliphatic carbocycles. The average Bonchev–Trinajstić information content (AvgIpc) is 2.18. The minimum Gasteiger partial charge on any atom is -0.478 e. The fourth-order valence-electron chi connectivity index (χ4n) is 1.13. The molecule has 0 aliphatic heterocycles. The molecule has 0 amide bonds. The molecule has 2 nitrogen and oxygen atoms in total. The van der Waals surface area contributed by atoms with E-state index >= 15 is 0 Å². The Morgan fingerprint density at radius 3 is 2.67 bits per heavy atom. The van der Waals surface area contributed by atoms with Gasteiger partial charge in [0.15, 0.2) is 0 Å². The maximum atomic E-state index is 10.4. The van der Waals surface area contributed by atoms with Gasteiger partial charge in [-0.2, -0.15) is 0 Å². The van der Waals surface area contributed by atoms with Gasteiger partial charge in [0.25, 0.3) is 0 Å². The minimum absolute atomic E-state index is 0.811. The highest BCUT2D eigenvalue weighted by atomic mass is 32.2. The summed E-state index contributed by atoms with van der Waals surface area (Å²) < 4.78 is 0. The summed E-state index contributed by atoms with van der Waals surface area (Å²) in [6.07, 6.45) is 2.08. The summed E-state index contributed by atoms with van der Waals surface area (Å²) in [4.78, 5) is 11.6. The first-order chi connectivity index (χ1) is 7.18. The van der Waals surface area contributed by atoms with Crippen LogP contribution in [0.2, 0.25) is 0 Å². The highest BCUT2D eigenvalue weighted by molar-refractivity contribution is 7.99. The van der Waals surface area contributed by atoms with Crippen LogP contribution in [-0.4, -0.2) is 16.8 Å². The van der Waals surface area contributed by atoms with Crippen LogP contribution in [0.5, 0.6) is 0 Å². The van der Waals surface area contributed by atoms with E-state index in [1.54, 1.807) is 11.8 Å². The van der Waals surface area contributed by atoms with Crippen molar-refractivity contribution in [1.82, 2.24) is 0 Å². The van der Waals surface area contributed by atoms with Gasteiger partial charge < -0.3 is 5.11 Å². The van der Waals surface area contributed by atoms with E-state index in [0.29, 0.717) is 0 Å². The first-order valence-electron chi connectivity index (χ1n) is 4.76. The molecule has 1 rings (SSSR count). The predicted octanol–water partition coefficient (Wildman–Crippen LogP) is 3.20. The topological polar surface area (TPSA) is 37.3 Å². The zero-order valence-electron chi connectivity index (χ0n) is 8.64. The molecule has 0 saturated carbocycles. The molecule has 0 unspecified atom stereocenters. The summed E-state index contributed by atoms with van der Waals surface area (Å²) in [6.45, 7) is 1.85. The van der Waals surface area contributed by atoms with Crippen molar-refractivity contribution in [2.24, 2.45) is 0 Å². The van der Waals surface area contributed by atoms with E-state index in [1.165, 1.54) is 11.0 Å². The fourth-order valence-corrected chi connectivity index (χ4v) is 2.14. The molecule has 3 heteroatoms. The molecule has 80 valence electrons. The van der Waals surface area contributed by atoms with Crippen LogP contribution >= 0.6 is 11.8 Å². The highest BCUT2D eigenvalue weighted by Gasteiger charge is 1.96. The van der Waals surface area contributed by atoms with E-state index in [9.17, 15) is 4.79 Å². The fraction of sp³-hybridized carbons (Fsp3) is 0.250. The van der Waals surface area contributed by atoms with Crippen molar-refractivity contribution in [3.05, 3.63) is 42.0 Å². The summed E-state index contributed by atoms with van der Waals surface area (Å²) >= 11 is 1.74. The minimum atomic E-state index is -0.864. The molecule has 1 aromatic carbocycles. The van der Waals surface area contributed by atoms with Crippen molar-refractivity contribution >= 4 is 17.7 Å². The summed E-state index contributed by atoms with van der Waals surface area (Å²) in [5.41, 5.74) is 0.908. The predicted molar refractivity (Wildman–Crippen MR) is 63.2 cm³/mol. The van der Waals surface area contributed by atoms with E-state index < -0.39 is 5.97 Å². The molecule has 0 aliphatic rings. The Labute approximate surface area is 94.0 Å². The molecule has 0 aromatic heterocycles. The van der Waals surface area contributed by atoms with Gasteiger partial charge in [-0.1, -0.05) is 23.8 Å². The number of hydrogen-bond donors (Lipinski definition) is 1. The lowest BCUT2D eigenvalue weighted by Crippen LogP contribution is -1.91. The summed E-state index contributed by atoms with van der Waals surface area (Å²) in [5.74, 6) is 0.0526. The van der Waals surface area contributed by atoms with Crippen molar-refractivity contribution in [3.8, 4) is 0 Å². The van der Waals surface area contributed by atoms with Crippen molar-refractivity contribution in [2.45, 2.75) is 18.2 Å². The molecule has 1 aromatic rings. The van der Waals surface area contributed by atoms with Gasteiger partial charge in [-0.3, -0.25) is 0 Å².